The lowest BCUT2D eigenvalue weighted by atomic mass is 10.4. The SMILES string of the molecule is CCOCCc1ncc(CCl)[nH]1. The number of H-pyrrole nitrogens is 1. The Morgan fingerprint density at radius 1 is 1.67 bits per heavy atom. The summed E-state index contributed by atoms with van der Waals surface area (Å²) in [4.78, 5) is 7.24. The van der Waals surface area contributed by atoms with Crippen molar-refractivity contribution in [2.24, 2.45) is 0 Å². The number of alkyl halides is 1. The molecule has 0 fully saturated rings. The van der Waals surface area contributed by atoms with Crippen molar-refractivity contribution in [1.82, 2.24) is 9.97 Å². The van der Waals surface area contributed by atoms with Gasteiger partial charge < -0.3 is 9.72 Å². The van der Waals surface area contributed by atoms with E-state index in [2.05, 4.69) is 9.97 Å². The topological polar surface area (TPSA) is 37.9 Å². The molecule has 0 aliphatic carbocycles. The highest BCUT2D eigenvalue weighted by atomic mass is 35.5. The molecule has 12 heavy (non-hydrogen) atoms. The monoisotopic (exact) mass is 188 g/mol. The predicted octanol–water partition coefficient (Wildman–Crippen LogP) is 1.73. The van der Waals surface area contributed by atoms with Crippen molar-refractivity contribution >= 4 is 11.6 Å². The molecule has 1 aromatic heterocycles. The largest absolute Gasteiger partial charge is 0.381 e. The molecule has 68 valence electrons. The van der Waals surface area contributed by atoms with Crippen LogP contribution in [0.25, 0.3) is 0 Å². The summed E-state index contributed by atoms with van der Waals surface area (Å²) in [6, 6.07) is 0. The fourth-order valence-corrected chi connectivity index (χ4v) is 1.05. The van der Waals surface area contributed by atoms with Crippen LogP contribution in [-0.4, -0.2) is 23.2 Å². The molecular formula is C8H13ClN2O. The highest BCUT2D eigenvalue weighted by molar-refractivity contribution is 6.16. The number of aromatic amines is 1. The maximum atomic E-state index is 5.60. The molecule has 0 aliphatic rings. The summed E-state index contributed by atoms with van der Waals surface area (Å²) in [6.07, 6.45) is 2.58. The number of hydrogen-bond donors (Lipinski definition) is 1. The lowest BCUT2D eigenvalue weighted by Crippen LogP contribution is -1.99. The van der Waals surface area contributed by atoms with E-state index in [1.54, 1.807) is 6.20 Å². The zero-order valence-electron chi connectivity index (χ0n) is 7.14. The van der Waals surface area contributed by atoms with Gasteiger partial charge in [-0.2, -0.15) is 0 Å². The summed E-state index contributed by atoms with van der Waals surface area (Å²) in [7, 11) is 0. The zero-order chi connectivity index (χ0) is 8.81. The second kappa shape index (κ2) is 5.17. The van der Waals surface area contributed by atoms with E-state index in [4.69, 9.17) is 16.3 Å². The van der Waals surface area contributed by atoms with E-state index < -0.39 is 0 Å². The summed E-state index contributed by atoms with van der Waals surface area (Å²) in [5.41, 5.74) is 0.961. The van der Waals surface area contributed by atoms with Gasteiger partial charge in [-0.15, -0.1) is 11.6 Å². The van der Waals surface area contributed by atoms with E-state index in [1.165, 1.54) is 0 Å². The number of imidazole rings is 1. The van der Waals surface area contributed by atoms with E-state index in [-0.39, 0.29) is 0 Å². The first-order chi connectivity index (χ1) is 5.86. The molecule has 0 aliphatic heterocycles. The van der Waals surface area contributed by atoms with Crippen molar-refractivity contribution in [2.75, 3.05) is 13.2 Å². The molecule has 1 N–H and O–H groups in total. The third kappa shape index (κ3) is 2.83. The molecule has 3 nitrogen and oxygen atoms in total. The van der Waals surface area contributed by atoms with E-state index in [1.807, 2.05) is 6.92 Å². The first kappa shape index (κ1) is 9.55. The maximum absolute atomic E-state index is 5.60. The minimum absolute atomic E-state index is 0.488. The Kier molecular flexibility index (Phi) is 4.11. The Morgan fingerprint density at radius 2 is 2.50 bits per heavy atom. The predicted molar refractivity (Wildman–Crippen MR) is 48.3 cm³/mol. The third-order valence-corrected chi connectivity index (χ3v) is 1.80. The number of aromatic nitrogens is 2. The van der Waals surface area contributed by atoms with Crippen molar-refractivity contribution in [3.05, 3.63) is 17.7 Å². The van der Waals surface area contributed by atoms with Crippen LogP contribution in [0.1, 0.15) is 18.4 Å². The molecule has 0 saturated carbocycles. The standard InChI is InChI=1S/C8H13ClN2O/c1-2-12-4-3-8-10-6-7(5-9)11-8/h6H,2-5H2,1H3,(H,10,11). The van der Waals surface area contributed by atoms with Gasteiger partial charge in [0.2, 0.25) is 0 Å². The molecule has 0 spiro atoms. The van der Waals surface area contributed by atoms with E-state index in [0.29, 0.717) is 12.5 Å². The number of nitrogens with one attached hydrogen (secondary N) is 1. The van der Waals surface area contributed by atoms with Gasteiger partial charge in [0.15, 0.2) is 0 Å². The second-order valence-electron chi connectivity index (χ2n) is 2.44. The fraction of sp³-hybridized carbons (Fsp3) is 0.625. The van der Waals surface area contributed by atoms with Crippen LogP contribution < -0.4 is 0 Å². The van der Waals surface area contributed by atoms with Crippen molar-refractivity contribution in [1.29, 1.82) is 0 Å². The van der Waals surface area contributed by atoms with E-state index in [0.717, 1.165) is 24.5 Å². The molecule has 0 saturated heterocycles. The summed E-state index contributed by atoms with van der Waals surface area (Å²) in [6.45, 7) is 3.45. The lowest BCUT2D eigenvalue weighted by Gasteiger charge is -1.96. The summed E-state index contributed by atoms with van der Waals surface area (Å²) < 4.78 is 5.19. The van der Waals surface area contributed by atoms with Crippen LogP contribution in [0.4, 0.5) is 0 Å². The Labute approximate surface area is 77.1 Å². The van der Waals surface area contributed by atoms with Crippen LogP contribution in [-0.2, 0) is 17.0 Å². The smallest absolute Gasteiger partial charge is 0.108 e. The minimum atomic E-state index is 0.488. The van der Waals surface area contributed by atoms with Crippen molar-refractivity contribution < 1.29 is 4.74 Å². The van der Waals surface area contributed by atoms with Crippen molar-refractivity contribution in [3.63, 3.8) is 0 Å². The molecule has 0 radical (unpaired) electrons. The lowest BCUT2D eigenvalue weighted by molar-refractivity contribution is 0.149. The van der Waals surface area contributed by atoms with Crippen LogP contribution in [0.5, 0.6) is 0 Å². The molecule has 1 rings (SSSR count). The number of hydrogen-bond acceptors (Lipinski definition) is 2. The Morgan fingerprint density at radius 3 is 3.08 bits per heavy atom. The van der Waals surface area contributed by atoms with Crippen LogP contribution in [0, 0.1) is 0 Å². The van der Waals surface area contributed by atoms with Crippen LogP contribution in [0.15, 0.2) is 6.20 Å². The summed E-state index contributed by atoms with van der Waals surface area (Å²) in [5.74, 6) is 1.43. The number of halogens is 1. The molecular weight excluding hydrogens is 176 g/mol. The third-order valence-electron chi connectivity index (χ3n) is 1.51. The summed E-state index contributed by atoms with van der Waals surface area (Å²) >= 11 is 5.60. The Bertz CT molecular complexity index is 225. The highest BCUT2D eigenvalue weighted by Crippen LogP contribution is 2.01. The zero-order valence-corrected chi connectivity index (χ0v) is 7.90. The van der Waals surface area contributed by atoms with Crippen LogP contribution in [0.2, 0.25) is 0 Å². The van der Waals surface area contributed by atoms with Gasteiger partial charge in [0.05, 0.1) is 12.5 Å². The molecule has 0 aromatic carbocycles. The highest BCUT2D eigenvalue weighted by Gasteiger charge is 1.98. The maximum Gasteiger partial charge on any atom is 0.108 e. The Balaban J connectivity index is 2.31. The summed E-state index contributed by atoms with van der Waals surface area (Å²) in [5, 5.41) is 0. The van der Waals surface area contributed by atoms with Crippen molar-refractivity contribution in [2.45, 2.75) is 19.2 Å². The van der Waals surface area contributed by atoms with Gasteiger partial charge >= 0.3 is 0 Å². The van der Waals surface area contributed by atoms with E-state index >= 15 is 0 Å². The van der Waals surface area contributed by atoms with Gasteiger partial charge in [0, 0.05) is 24.9 Å². The first-order valence-corrected chi connectivity index (χ1v) is 4.56. The molecule has 0 amide bonds. The first-order valence-electron chi connectivity index (χ1n) is 4.03. The van der Waals surface area contributed by atoms with Gasteiger partial charge in [-0.25, -0.2) is 4.98 Å². The molecule has 1 heterocycles. The van der Waals surface area contributed by atoms with Gasteiger partial charge in [-0.1, -0.05) is 0 Å². The van der Waals surface area contributed by atoms with Crippen LogP contribution in [0.3, 0.4) is 0 Å². The average Bonchev–Trinajstić information content (AvgIpc) is 2.53. The van der Waals surface area contributed by atoms with Crippen molar-refractivity contribution in [3.8, 4) is 0 Å². The van der Waals surface area contributed by atoms with Gasteiger partial charge in [-0.3, -0.25) is 0 Å². The Hall–Kier alpha value is -0.540. The van der Waals surface area contributed by atoms with E-state index in [9.17, 15) is 0 Å². The van der Waals surface area contributed by atoms with Gasteiger partial charge in [0.25, 0.3) is 0 Å². The second-order valence-corrected chi connectivity index (χ2v) is 2.70. The number of ether oxygens (including phenoxy) is 1. The quantitative estimate of drug-likeness (QED) is 0.565. The normalized spacial score (nSPS) is 10.5. The van der Waals surface area contributed by atoms with Gasteiger partial charge in [0.1, 0.15) is 5.82 Å². The minimum Gasteiger partial charge on any atom is -0.381 e. The number of rotatable bonds is 5. The molecule has 0 unspecified atom stereocenters. The molecule has 0 atom stereocenters. The van der Waals surface area contributed by atoms with Gasteiger partial charge in [-0.05, 0) is 6.92 Å². The van der Waals surface area contributed by atoms with Crippen LogP contribution >= 0.6 is 11.6 Å². The average molecular weight is 189 g/mol. The fourth-order valence-electron chi connectivity index (χ4n) is 0.914. The molecule has 0 bridgehead atoms. The molecule has 1 aromatic rings. The molecule has 4 heteroatoms. The number of nitrogens with zero attached hydrogens (tertiary/aromatic N) is 1.